The van der Waals surface area contributed by atoms with Crippen LogP contribution in [0.2, 0.25) is 0 Å². The topological polar surface area (TPSA) is 35.2 Å². The summed E-state index contributed by atoms with van der Waals surface area (Å²) in [6.07, 6.45) is -3.29. The van der Waals surface area contributed by atoms with Crippen molar-refractivity contribution in [3.8, 4) is 0 Å². The Morgan fingerprint density at radius 1 is 1.75 bits per heavy atom. The summed E-state index contributed by atoms with van der Waals surface area (Å²) in [5.41, 5.74) is 3.94. The van der Waals surface area contributed by atoms with E-state index in [2.05, 4.69) is 4.74 Å². The van der Waals surface area contributed by atoms with Gasteiger partial charge in [-0.1, -0.05) is 12.1 Å². The van der Waals surface area contributed by atoms with Gasteiger partial charge in [0.1, 0.15) is 0 Å². The van der Waals surface area contributed by atoms with Gasteiger partial charge in [-0.3, -0.25) is 0 Å². The summed E-state index contributed by atoms with van der Waals surface area (Å²) in [5.74, 6) is -3.17. The summed E-state index contributed by atoms with van der Waals surface area (Å²) >= 11 is 0. The number of anilines is 1. The minimum absolute atomic E-state index is 0.619. The fourth-order valence-corrected chi connectivity index (χ4v) is 0.775. The number of nitrogen functional groups attached to an aromatic ring is 1. The van der Waals surface area contributed by atoms with Crippen molar-refractivity contribution in [1.82, 2.24) is 0 Å². The normalized spacial score (nSPS) is 54.8. The third-order valence-electron chi connectivity index (χ3n) is 1.27. The van der Waals surface area contributed by atoms with Crippen LogP contribution in [-0.4, -0.2) is 13.1 Å². The zero-order chi connectivity index (χ0) is 18.2. The number of rotatable bonds is 1. The highest BCUT2D eigenvalue weighted by Gasteiger charge is 2.17. The highest BCUT2D eigenvalue weighted by atomic mass is 16.5. The number of hydrogen-bond acceptors (Lipinski definition) is 2. The molecule has 1 aliphatic rings. The lowest BCUT2D eigenvalue weighted by Crippen LogP contribution is -1.98. The van der Waals surface area contributed by atoms with E-state index in [9.17, 15) is 0 Å². The van der Waals surface area contributed by atoms with Crippen LogP contribution in [0.4, 0.5) is 5.69 Å². The molecule has 1 aliphatic heterocycles. The first-order chi connectivity index (χ1) is 10.1. The van der Waals surface area contributed by atoms with Gasteiger partial charge in [-0.05, 0) is 24.0 Å². The van der Waals surface area contributed by atoms with Gasteiger partial charge >= 0.3 is 0 Å². The summed E-state index contributed by atoms with van der Waals surface area (Å²) < 4.78 is 89.8. The third kappa shape index (κ3) is 1.43. The van der Waals surface area contributed by atoms with Crippen LogP contribution in [0.3, 0.4) is 0 Å². The molecule has 1 aromatic rings. The maximum absolute atomic E-state index is 8.27. The molecule has 2 nitrogen and oxygen atoms in total. The van der Waals surface area contributed by atoms with E-state index in [1.165, 1.54) is 0 Å². The molecule has 0 radical (unpaired) electrons. The lowest BCUT2D eigenvalue weighted by atomic mass is 9.98. The molecule has 64 valence electrons. The largest absolute Gasteiger partial charge is 0.399 e. The Hall–Kier alpha value is -1.02. The van der Waals surface area contributed by atoms with Gasteiger partial charge in [0.15, 0.2) is 0 Å². The van der Waals surface area contributed by atoms with Gasteiger partial charge in [-0.15, -0.1) is 0 Å². The quantitative estimate of drug-likeness (QED) is 0.659. The molecule has 1 saturated heterocycles. The second-order valence-corrected chi connectivity index (χ2v) is 2.09. The molecule has 1 heterocycles. The van der Waals surface area contributed by atoms with Gasteiger partial charge in [-0.2, -0.15) is 0 Å². The number of benzene rings is 1. The molecule has 2 N–H and O–H groups in total. The highest BCUT2D eigenvalue weighted by molar-refractivity contribution is 5.41. The van der Waals surface area contributed by atoms with Crippen LogP contribution in [0.5, 0.6) is 0 Å². The monoisotopic (exact) mass is 174 g/mol. The molecule has 0 saturated carbocycles. The van der Waals surface area contributed by atoms with E-state index in [1.807, 2.05) is 0 Å². The van der Waals surface area contributed by atoms with Gasteiger partial charge in [0.25, 0.3) is 0 Å². The number of nitrogens with two attached hydrogens (primary N) is 1. The van der Waals surface area contributed by atoms with E-state index >= 15 is 0 Å². The van der Waals surface area contributed by atoms with Crippen LogP contribution in [0.25, 0.3) is 0 Å². The molecular formula is C10H13NO. The molecule has 1 fully saturated rings. The molecule has 1 aromatic carbocycles. The van der Waals surface area contributed by atoms with Gasteiger partial charge in [0.05, 0.1) is 17.5 Å². The Morgan fingerprint density at radius 3 is 3.42 bits per heavy atom. The Labute approximate surface area is 87.8 Å². The van der Waals surface area contributed by atoms with Crippen LogP contribution in [-0.2, 0) is 4.74 Å². The fourth-order valence-electron chi connectivity index (χ4n) is 0.775. The molecule has 0 spiro atoms. The van der Waals surface area contributed by atoms with Crippen LogP contribution in [0.15, 0.2) is 24.2 Å². The SMILES string of the molecule is [2H]c1c([2H])c(N)c([2H])c(C2([2H])C([2H])([2H])OC([2H])([2H])C2([2H])[2H])c1[2H]. The Bertz CT molecular complexity index is 659. The summed E-state index contributed by atoms with van der Waals surface area (Å²) in [7, 11) is 0. The smallest absolute Gasteiger partial charge is 0.0648 e. The average Bonchev–Trinajstić information content (AvgIpc) is 2.49. The van der Waals surface area contributed by atoms with Crippen molar-refractivity contribution in [2.75, 3.05) is 18.9 Å². The second kappa shape index (κ2) is 3.15. The maximum Gasteiger partial charge on any atom is 0.0648 e. The lowest BCUT2D eigenvalue weighted by molar-refractivity contribution is 0.194. The Balaban J connectivity index is 2.95. The van der Waals surface area contributed by atoms with Crippen molar-refractivity contribution in [2.24, 2.45) is 0 Å². The Kier molecular flexibility index (Phi) is 0.544. The standard InChI is InChI=1S/C10H13NO/c11-10-3-1-2-8(6-10)9-4-5-12-7-9/h1-3,6,9H,4-5,7,11H2/i1D,2D,3D,4D2,5D2,6D,7D2,9D. The first kappa shape index (κ1) is 2.07. The molecule has 1 atom stereocenters. The van der Waals surface area contributed by atoms with E-state index in [1.54, 1.807) is 0 Å². The van der Waals surface area contributed by atoms with Crippen molar-refractivity contribution >= 4 is 5.69 Å². The van der Waals surface area contributed by atoms with Gasteiger partial charge in [0, 0.05) is 22.3 Å². The molecule has 0 aromatic heterocycles. The minimum Gasteiger partial charge on any atom is -0.399 e. The van der Waals surface area contributed by atoms with Crippen molar-refractivity contribution in [3.05, 3.63) is 29.7 Å². The van der Waals surface area contributed by atoms with E-state index in [0.717, 1.165) is 0 Å². The first-order valence-electron chi connectivity index (χ1n) is 8.70. The summed E-state index contributed by atoms with van der Waals surface area (Å²) in [6.45, 7) is -6.46. The Morgan fingerprint density at radius 2 is 2.67 bits per heavy atom. The molecule has 2 heteroatoms. The molecule has 0 aliphatic carbocycles. The van der Waals surface area contributed by atoms with E-state index < -0.39 is 60.8 Å². The third-order valence-corrected chi connectivity index (χ3v) is 1.27. The minimum atomic E-state index is -3.29. The van der Waals surface area contributed by atoms with E-state index in [0.29, 0.717) is 0 Å². The van der Waals surface area contributed by atoms with E-state index in [4.69, 9.17) is 20.8 Å². The van der Waals surface area contributed by atoms with Crippen LogP contribution >= 0.6 is 0 Å². The summed E-state index contributed by atoms with van der Waals surface area (Å²) in [4.78, 5) is 0. The zero-order valence-electron chi connectivity index (χ0n) is 17.0. The predicted molar refractivity (Wildman–Crippen MR) is 49.0 cm³/mol. The van der Waals surface area contributed by atoms with Gasteiger partial charge < -0.3 is 10.5 Å². The molecule has 0 bridgehead atoms. The molecule has 1 unspecified atom stereocenters. The molecular weight excluding hydrogens is 150 g/mol. The van der Waals surface area contributed by atoms with Crippen molar-refractivity contribution in [1.29, 1.82) is 0 Å². The van der Waals surface area contributed by atoms with Crippen LogP contribution in [0.1, 0.15) is 32.9 Å². The zero-order valence-corrected chi connectivity index (χ0v) is 5.99. The number of hydrogen-bond donors (Lipinski definition) is 1. The predicted octanol–water partition coefficient (Wildman–Crippen LogP) is 1.77. The van der Waals surface area contributed by atoms with Crippen molar-refractivity contribution < 1.29 is 19.8 Å². The summed E-state index contributed by atoms with van der Waals surface area (Å²) in [6, 6.07) is -3.27. The summed E-state index contributed by atoms with van der Waals surface area (Å²) in [5, 5.41) is 0. The second-order valence-electron chi connectivity index (χ2n) is 2.09. The van der Waals surface area contributed by atoms with Crippen LogP contribution < -0.4 is 5.73 Å². The lowest BCUT2D eigenvalue weighted by Gasteiger charge is -2.07. The molecule has 12 heavy (non-hydrogen) atoms. The first-order valence-corrected chi connectivity index (χ1v) is 3.20. The van der Waals surface area contributed by atoms with E-state index in [-0.39, 0.29) is 0 Å². The van der Waals surface area contributed by atoms with Crippen molar-refractivity contribution in [3.63, 3.8) is 0 Å². The molecule has 0 amide bonds. The van der Waals surface area contributed by atoms with Crippen molar-refractivity contribution in [2.45, 2.75) is 12.3 Å². The van der Waals surface area contributed by atoms with Crippen LogP contribution in [0, 0.1) is 0 Å². The maximum atomic E-state index is 8.27. The average molecular weight is 174 g/mol. The highest BCUT2D eigenvalue weighted by Crippen LogP contribution is 2.25. The fraction of sp³-hybridized carbons (Fsp3) is 0.400. The number of ether oxygens (including phenoxy) is 1. The van der Waals surface area contributed by atoms with Gasteiger partial charge in [-0.25, -0.2) is 0 Å². The van der Waals surface area contributed by atoms with Gasteiger partial charge in [0.2, 0.25) is 0 Å². The molecule has 2 rings (SSSR count).